The van der Waals surface area contributed by atoms with E-state index in [1.807, 2.05) is 66.6 Å². The number of hydrogen-bond donors (Lipinski definition) is 6. The predicted molar refractivity (Wildman–Crippen MR) is 115 cm³/mol. The maximum Gasteiger partial charge on any atom is 0.272 e. The van der Waals surface area contributed by atoms with Crippen molar-refractivity contribution < 1.29 is 19.7 Å². The Kier molecular flexibility index (Phi) is 6.26. The van der Waals surface area contributed by atoms with E-state index >= 15 is 0 Å². The molecule has 3 unspecified atom stereocenters. The lowest BCUT2D eigenvalue weighted by Crippen LogP contribution is -2.52. The Morgan fingerprint density at radius 1 is 1.26 bits per heavy atom. The molecule has 9 heteroatoms. The van der Waals surface area contributed by atoms with Crippen molar-refractivity contribution in [1.29, 1.82) is 0 Å². The van der Waals surface area contributed by atoms with Gasteiger partial charge < -0.3 is 30.9 Å². The molecule has 0 bridgehead atoms. The Labute approximate surface area is 180 Å². The highest BCUT2D eigenvalue weighted by molar-refractivity contribution is 5.94. The number of fused-ring (bicyclic) bond motifs is 1. The average Bonchev–Trinajstić information content (AvgIpc) is 3.13. The molecule has 0 fully saturated rings. The fourth-order valence-electron chi connectivity index (χ4n) is 3.67. The number of dihydropyridines is 1. The van der Waals surface area contributed by atoms with E-state index in [2.05, 4.69) is 21.4 Å². The Morgan fingerprint density at radius 3 is 2.87 bits per heavy atom. The number of rotatable bonds is 7. The lowest BCUT2D eigenvalue weighted by molar-refractivity contribution is -0.120. The minimum absolute atomic E-state index is 0.0130. The molecular formula is C22H27N5O4. The van der Waals surface area contributed by atoms with Crippen LogP contribution >= 0.6 is 0 Å². The molecule has 4 atom stereocenters. The van der Waals surface area contributed by atoms with Gasteiger partial charge in [-0.15, -0.1) is 0 Å². The van der Waals surface area contributed by atoms with Gasteiger partial charge in [0.05, 0.1) is 12.6 Å². The third kappa shape index (κ3) is 4.58. The number of aliphatic hydroxyl groups is 2. The van der Waals surface area contributed by atoms with Gasteiger partial charge in [-0.25, -0.2) is 5.43 Å². The van der Waals surface area contributed by atoms with Crippen molar-refractivity contribution >= 4 is 5.91 Å². The number of allylic oxidation sites excluding steroid dienone is 3. The summed E-state index contributed by atoms with van der Waals surface area (Å²) in [5, 5.41) is 29.8. The number of para-hydroxylation sites is 1. The van der Waals surface area contributed by atoms with Gasteiger partial charge >= 0.3 is 0 Å². The molecule has 164 valence electrons. The molecule has 9 nitrogen and oxygen atoms in total. The van der Waals surface area contributed by atoms with Gasteiger partial charge in [-0.3, -0.25) is 9.80 Å². The van der Waals surface area contributed by atoms with E-state index < -0.39 is 6.10 Å². The molecule has 3 aliphatic rings. The van der Waals surface area contributed by atoms with E-state index in [0.29, 0.717) is 11.4 Å². The van der Waals surface area contributed by atoms with Crippen molar-refractivity contribution in [1.82, 2.24) is 26.4 Å². The maximum absolute atomic E-state index is 13.0. The summed E-state index contributed by atoms with van der Waals surface area (Å²) < 4.78 is 5.72. The number of ether oxygens (including phenoxy) is 1. The van der Waals surface area contributed by atoms with Crippen molar-refractivity contribution in [3.8, 4) is 5.75 Å². The summed E-state index contributed by atoms with van der Waals surface area (Å²) in [6.07, 6.45) is 9.97. The molecule has 31 heavy (non-hydrogen) atoms. The topological polar surface area (TPSA) is 118 Å². The van der Waals surface area contributed by atoms with Crippen molar-refractivity contribution in [2.24, 2.45) is 0 Å². The lowest BCUT2D eigenvalue weighted by Gasteiger charge is -2.35. The monoisotopic (exact) mass is 425 g/mol. The minimum Gasteiger partial charge on any atom is -0.490 e. The number of hydrazine groups is 1. The number of nitrogens with zero attached hydrogens (tertiary/aromatic N) is 1. The highest BCUT2D eigenvalue weighted by Crippen LogP contribution is 2.32. The maximum atomic E-state index is 13.0. The van der Waals surface area contributed by atoms with Gasteiger partial charge in [0.15, 0.2) is 0 Å². The van der Waals surface area contributed by atoms with Crippen LogP contribution in [0.4, 0.5) is 0 Å². The van der Waals surface area contributed by atoms with Gasteiger partial charge in [-0.05, 0) is 37.4 Å². The average molecular weight is 425 g/mol. The molecule has 4 rings (SSSR count). The zero-order valence-electron chi connectivity index (χ0n) is 17.2. The molecule has 0 aromatic heterocycles. The van der Waals surface area contributed by atoms with Crippen LogP contribution in [0.3, 0.4) is 0 Å². The van der Waals surface area contributed by atoms with Crippen LogP contribution in [-0.2, 0) is 4.79 Å². The second-order valence-corrected chi connectivity index (χ2v) is 7.47. The SMILES string of the molecule is CC1=C(C(=O)NC2C=CC=CN2)N2NC(c3ccccc3OC[C@H](O)CO)C=CC2N1. The van der Waals surface area contributed by atoms with Crippen molar-refractivity contribution in [3.63, 3.8) is 0 Å². The minimum atomic E-state index is -0.951. The largest absolute Gasteiger partial charge is 0.490 e. The van der Waals surface area contributed by atoms with E-state index in [4.69, 9.17) is 9.84 Å². The summed E-state index contributed by atoms with van der Waals surface area (Å²) in [4.78, 5) is 13.0. The van der Waals surface area contributed by atoms with Gasteiger partial charge in [0.25, 0.3) is 5.91 Å². The fraction of sp³-hybridized carbons (Fsp3) is 0.318. The number of hydrogen-bond acceptors (Lipinski definition) is 8. The summed E-state index contributed by atoms with van der Waals surface area (Å²) in [6, 6.07) is 7.24. The normalized spacial score (nSPS) is 25.0. The summed E-state index contributed by atoms with van der Waals surface area (Å²) in [7, 11) is 0. The molecule has 1 aromatic carbocycles. The first-order valence-electron chi connectivity index (χ1n) is 10.2. The van der Waals surface area contributed by atoms with E-state index in [1.165, 1.54) is 0 Å². The first-order valence-corrected chi connectivity index (χ1v) is 10.2. The Bertz CT molecular complexity index is 942. The first-order chi connectivity index (χ1) is 15.1. The van der Waals surface area contributed by atoms with Crippen LogP contribution in [0.1, 0.15) is 18.5 Å². The van der Waals surface area contributed by atoms with Crippen LogP contribution in [0, 0.1) is 0 Å². The van der Waals surface area contributed by atoms with Crippen LogP contribution in [0.5, 0.6) is 5.75 Å². The van der Waals surface area contributed by atoms with Crippen LogP contribution in [0.25, 0.3) is 0 Å². The first kappa shape index (κ1) is 21.0. The second kappa shape index (κ2) is 9.25. The van der Waals surface area contributed by atoms with Gasteiger partial charge in [0, 0.05) is 11.3 Å². The van der Waals surface area contributed by atoms with E-state index in [1.54, 1.807) is 6.20 Å². The van der Waals surface area contributed by atoms with Crippen LogP contribution in [-0.4, -0.2) is 52.8 Å². The van der Waals surface area contributed by atoms with Gasteiger partial charge in [0.2, 0.25) is 0 Å². The summed E-state index contributed by atoms with van der Waals surface area (Å²) in [6.45, 7) is 1.49. The molecule has 3 heterocycles. The van der Waals surface area contributed by atoms with Crippen LogP contribution in [0.15, 0.2) is 72.2 Å². The van der Waals surface area contributed by atoms with E-state index in [9.17, 15) is 9.90 Å². The van der Waals surface area contributed by atoms with Crippen molar-refractivity contribution in [2.75, 3.05) is 13.2 Å². The Hall–Kier alpha value is -3.27. The van der Waals surface area contributed by atoms with Gasteiger partial charge in [-0.1, -0.05) is 30.4 Å². The van der Waals surface area contributed by atoms with Crippen molar-refractivity contribution in [2.45, 2.75) is 31.4 Å². The highest BCUT2D eigenvalue weighted by atomic mass is 16.5. The smallest absolute Gasteiger partial charge is 0.272 e. The standard InChI is InChI=1S/C22H27N5O4/c1-14-21(22(30)25-19-8-4-5-11-23-19)27-20(24-14)10-9-17(26-27)16-6-2-3-7-18(16)31-13-15(29)12-28/h2-11,15,17,19-20,23-24,26,28-29H,12-13H2,1H3,(H,25,30)/t15-,17?,19?,20?/m1/s1. The molecule has 0 aliphatic carbocycles. The zero-order chi connectivity index (χ0) is 21.8. The van der Waals surface area contributed by atoms with E-state index in [-0.39, 0.29) is 37.5 Å². The summed E-state index contributed by atoms with van der Waals surface area (Å²) >= 11 is 0. The highest BCUT2D eigenvalue weighted by Gasteiger charge is 2.37. The number of aliphatic hydroxyl groups excluding tert-OH is 2. The number of benzene rings is 1. The van der Waals surface area contributed by atoms with E-state index in [0.717, 1.165) is 11.3 Å². The quantitative estimate of drug-likeness (QED) is 0.341. The second-order valence-electron chi connectivity index (χ2n) is 7.47. The molecule has 3 aliphatic heterocycles. The molecule has 0 spiro atoms. The fourth-order valence-corrected chi connectivity index (χ4v) is 3.67. The molecular weight excluding hydrogens is 398 g/mol. The molecule has 0 saturated carbocycles. The number of carbonyl (C=O) groups excluding carboxylic acids is 1. The third-order valence-electron chi connectivity index (χ3n) is 5.19. The summed E-state index contributed by atoms with van der Waals surface area (Å²) in [5.74, 6) is 0.389. The number of nitrogens with one attached hydrogen (secondary N) is 4. The molecule has 6 N–H and O–H groups in total. The predicted octanol–water partition coefficient (Wildman–Crippen LogP) is 0.112. The third-order valence-corrected chi connectivity index (χ3v) is 5.19. The Balaban J connectivity index is 1.50. The lowest BCUT2D eigenvalue weighted by atomic mass is 10.0. The molecule has 1 amide bonds. The molecule has 0 saturated heterocycles. The molecule has 0 radical (unpaired) electrons. The zero-order valence-corrected chi connectivity index (χ0v) is 17.2. The van der Waals surface area contributed by atoms with Crippen LogP contribution < -0.4 is 26.1 Å². The number of carbonyl (C=O) groups is 1. The van der Waals surface area contributed by atoms with Crippen molar-refractivity contribution in [3.05, 3.63) is 77.8 Å². The van der Waals surface area contributed by atoms with Gasteiger partial charge in [0.1, 0.15) is 36.5 Å². The number of amides is 1. The molecule has 1 aromatic rings. The van der Waals surface area contributed by atoms with Crippen LogP contribution in [0.2, 0.25) is 0 Å². The van der Waals surface area contributed by atoms with Gasteiger partial charge in [-0.2, -0.15) is 0 Å². The summed E-state index contributed by atoms with van der Waals surface area (Å²) in [5.41, 5.74) is 5.53. The Morgan fingerprint density at radius 2 is 2.10 bits per heavy atom.